The van der Waals surface area contributed by atoms with Crippen LogP contribution < -0.4 is 5.32 Å². The van der Waals surface area contributed by atoms with E-state index in [0.29, 0.717) is 5.25 Å². The first-order chi connectivity index (χ1) is 7.42. The van der Waals surface area contributed by atoms with Crippen molar-refractivity contribution in [2.24, 2.45) is 0 Å². The summed E-state index contributed by atoms with van der Waals surface area (Å²) in [4.78, 5) is 4.44. The summed E-state index contributed by atoms with van der Waals surface area (Å²) in [6.45, 7) is 2.17. The molecular formula is C11H12N2OS. The number of para-hydroxylation sites is 2. The van der Waals surface area contributed by atoms with E-state index in [0.717, 1.165) is 29.4 Å². The molecule has 3 rings (SSSR count). The molecule has 1 N–H and O–H groups in total. The molecule has 1 atom stereocenters. The lowest BCUT2D eigenvalue weighted by Gasteiger charge is -2.01. The first-order valence-corrected chi connectivity index (χ1v) is 6.03. The lowest BCUT2D eigenvalue weighted by molar-refractivity contribution is 0.488. The maximum atomic E-state index is 5.65. The molecule has 0 radical (unpaired) electrons. The van der Waals surface area contributed by atoms with Crippen LogP contribution in [0, 0.1) is 0 Å². The highest BCUT2D eigenvalue weighted by Gasteiger charge is 2.18. The Bertz CT molecular complexity index is 429. The van der Waals surface area contributed by atoms with Crippen LogP contribution >= 0.6 is 11.8 Å². The molecule has 0 aliphatic carbocycles. The van der Waals surface area contributed by atoms with Crippen LogP contribution in [-0.2, 0) is 0 Å². The lowest BCUT2D eigenvalue weighted by Crippen LogP contribution is -2.09. The quantitative estimate of drug-likeness (QED) is 0.842. The maximum absolute atomic E-state index is 5.65. The van der Waals surface area contributed by atoms with E-state index in [2.05, 4.69) is 10.3 Å². The number of hydrogen-bond acceptors (Lipinski definition) is 4. The first-order valence-electron chi connectivity index (χ1n) is 5.15. The van der Waals surface area contributed by atoms with Gasteiger partial charge in [-0.1, -0.05) is 23.9 Å². The Morgan fingerprint density at radius 3 is 3.13 bits per heavy atom. The Morgan fingerprint density at radius 1 is 1.40 bits per heavy atom. The van der Waals surface area contributed by atoms with Gasteiger partial charge in [-0.3, -0.25) is 0 Å². The number of aromatic nitrogens is 1. The van der Waals surface area contributed by atoms with Gasteiger partial charge in [0, 0.05) is 11.8 Å². The maximum Gasteiger partial charge on any atom is 0.257 e. The van der Waals surface area contributed by atoms with E-state index in [4.69, 9.17) is 4.42 Å². The number of nitrogens with one attached hydrogen (secondary N) is 1. The molecule has 4 heteroatoms. The molecule has 1 aliphatic rings. The van der Waals surface area contributed by atoms with Crippen LogP contribution in [-0.4, -0.2) is 23.3 Å². The molecule has 1 saturated heterocycles. The Hall–Kier alpha value is -1.00. The second-order valence-corrected chi connectivity index (χ2v) is 4.93. The van der Waals surface area contributed by atoms with Crippen molar-refractivity contribution in [1.82, 2.24) is 10.3 Å². The molecule has 0 unspecified atom stereocenters. The summed E-state index contributed by atoms with van der Waals surface area (Å²) in [5.41, 5.74) is 1.83. The van der Waals surface area contributed by atoms with Crippen LogP contribution in [0.25, 0.3) is 11.1 Å². The third-order valence-electron chi connectivity index (χ3n) is 2.56. The molecule has 0 bridgehead atoms. The molecule has 3 nitrogen and oxygen atoms in total. The van der Waals surface area contributed by atoms with E-state index in [1.54, 1.807) is 11.8 Å². The van der Waals surface area contributed by atoms with Crippen molar-refractivity contribution < 1.29 is 4.42 Å². The third kappa shape index (κ3) is 1.87. The standard InChI is InChI=1S/C11H12N2OS/c1-2-4-10-9(3-1)13-11(14-10)15-8-5-6-12-7-8/h1-4,8,12H,5-7H2/t8-/m0/s1. The predicted molar refractivity (Wildman–Crippen MR) is 61.1 cm³/mol. The Balaban J connectivity index is 1.84. The van der Waals surface area contributed by atoms with Crippen molar-refractivity contribution in [2.45, 2.75) is 16.9 Å². The van der Waals surface area contributed by atoms with Gasteiger partial charge < -0.3 is 9.73 Å². The number of oxazole rings is 1. The van der Waals surface area contributed by atoms with E-state index >= 15 is 0 Å². The van der Waals surface area contributed by atoms with Crippen molar-refractivity contribution in [1.29, 1.82) is 0 Å². The zero-order valence-corrected chi connectivity index (χ0v) is 9.09. The molecule has 1 aromatic heterocycles. The molecule has 0 spiro atoms. The largest absolute Gasteiger partial charge is 0.431 e. The van der Waals surface area contributed by atoms with E-state index in [1.165, 1.54) is 6.42 Å². The summed E-state index contributed by atoms with van der Waals surface area (Å²) in [7, 11) is 0. The fourth-order valence-corrected chi connectivity index (χ4v) is 2.78. The molecule has 1 fully saturated rings. The SMILES string of the molecule is c1ccc2oc(S[C@H]3CCNC3)nc2c1. The van der Waals surface area contributed by atoms with Crippen molar-refractivity contribution in [3.05, 3.63) is 24.3 Å². The number of fused-ring (bicyclic) bond motifs is 1. The highest BCUT2D eigenvalue weighted by molar-refractivity contribution is 7.99. The van der Waals surface area contributed by atoms with Crippen LogP contribution in [0.3, 0.4) is 0 Å². The number of thioether (sulfide) groups is 1. The van der Waals surface area contributed by atoms with Gasteiger partial charge in [-0.15, -0.1) is 0 Å². The summed E-state index contributed by atoms with van der Waals surface area (Å²) in [6.07, 6.45) is 1.20. The molecule has 2 heterocycles. The van der Waals surface area contributed by atoms with Crippen molar-refractivity contribution in [3.63, 3.8) is 0 Å². The molecule has 1 aromatic carbocycles. The van der Waals surface area contributed by atoms with Gasteiger partial charge >= 0.3 is 0 Å². The molecule has 2 aromatic rings. The minimum atomic E-state index is 0.609. The topological polar surface area (TPSA) is 38.1 Å². The predicted octanol–water partition coefficient (Wildman–Crippen LogP) is 2.28. The highest BCUT2D eigenvalue weighted by Crippen LogP contribution is 2.28. The second kappa shape index (κ2) is 3.87. The number of benzene rings is 1. The van der Waals surface area contributed by atoms with Gasteiger partial charge in [-0.25, -0.2) is 4.98 Å². The normalized spacial score (nSPS) is 21.2. The molecule has 78 valence electrons. The van der Waals surface area contributed by atoms with Gasteiger partial charge in [0.2, 0.25) is 0 Å². The van der Waals surface area contributed by atoms with E-state index < -0.39 is 0 Å². The summed E-state index contributed by atoms with van der Waals surface area (Å²) in [5.74, 6) is 0. The van der Waals surface area contributed by atoms with Gasteiger partial charge in [0.15, 0.2) is 5.58 Å². The molecule has 1 aliphatic heterocycles. The lowest BCUT2D eigenvalue weighted by atomic mass is 10.3. The van der Waals surface area contributed by atoms with Crippen molar-refractivity contribution in [2.75, 3.05) is 13.1 Å². The van der Waals surface area contributed by atoms with Crippen molar-refractivity contribution in [3.8, 4) is 0 Å². The zero-order chi connectivity index (χ0) is 10.1. The average molecular weight is 220 g/mol. The van der Waals surface area contributed by atoms with E-state index in [-0.39, 0.29) is 0 Å². The van der Waals surface area contributed by atoms with Crippen LogP contribution in [0.5, 0.6) is 0 Å². The van der Waals surface area contributed by atoms with Crippen LogP contribution in [0.2, 0.25) is 0 Å². The van der Waals surface area contributed by atoms with Gasteiger partial charge in [0.1, 0.15) is 5.52 Å². The number of hydrogen-bond donors (Lipinski definition) is 1. The Kier molecular flexibility index (Phi) is 2.38. The smallest absolute Gasteiger partial charge is 0.257 e. The molecular weight excluding hydrogens is 208 g/mol. The van der Waals surface area contributed by atoms with E-state index in [9.17, 15) is 0 Å². The van der Waals surface area contributed by atoms with Gasteiger partial charge in [0.25, 0.3) is 5.22 Å². The molecule has 15 heavy (non-hydrogen) atoms. The average Bonchev–Trinajstić information content (AvgIpc) is 2.86. The number of nitrogens with zero attached hydrogens (tertiary/aromatic N) is 1. The summed E-state index contributed by atoms with van der Waals surface area (Å²) in [5, 5.41) is 4.74. The second-order valence-electron chi connectivity index (χ2n) is 3.68. The van der Waals surface area contributed by atoms with E-state index in [1.807, 2.05) is 24.3 Å². The first kappa shape index (κ1) is 9.24. The summed E-state index contributed by atoms with van der Waals surface area (Å²) in [6, 6.07) is 7.89. The third-order valence-corrected chi connectivity index (χ3v) is 3.67. The van der Waals surface area contributed by atoms with Gasteiger partial charge in [-0.2, -0.15) is 0 Å². The Morgan fingerprint density at radius 2 is 2.33 bits per heavy atom. The summed E-state index contributed by atoms with van der Waals surface area (Å²) >= 11 is 1.74. The van der Waals surface area contributed by atoms with Crippen molar-refractivity contribution >= 4 is 22.9 Å². The molecule has 0 amide bonds. The van der Waals surface area contributed by atoms with Gasteiger partial charge in [0.05, 0.1) is 0 Å². The highest BCUT2D eigenvalue weighted by atomic mass is 32.2. The minimum absolute atomic E-state index is 0.609. The molecule has 0 saturated carbocycles. The number of rotatable bonds is 2. The zero-order valence-electron chi connectivity index (χ0n) is 8.27. The van der Waals surface area contributed by atoms with Crippen LogP contribution in [0.15, 0.2) is 33.9 Å². The monoisotopic (exact) mass is 220 g/mol. The fourth-order valence-electron chi connectivity index (χ4n) is 1.77. The summed E-state index contributed by atoms with van der Waals surface area (Å²) < 4.78 is 5.65. The van der Waals surface area contributed by atoms with Crippen LogP contribution in [0.1, 0.15) is 6.42 Å². The fraction of sp³-hybridized carbons (Fsp3) is 0.364. The Labute approximate surface area is 92.3 Å². The minimum Gasteiger partial charge on any atom is -0.431 e. The van der Waals surface area contributed by atoms with Crippen LogP contribution in [0.4, 0.5) is 0 Å². The van der Waals surface area contributed by atoms with Gasteiger partial charge in [-0.05, 0) is 25.1 Å².